The minimum absolute atomic E-state index is 0.141. The number of ether oxygens (including phenoxy) is 3. The molecular formula is C31H27BrFNO5. The molecule has 0 saturated heterocycles. The Bertz CT molecular complexity index is 1530. The van der Waals surface area contributed by atoms with Crippen molar-refractivity contribution in [1.82, 2.24) is 5.32 Å². The highest BCUT2D eigenvalue weighted by molar-refractivity contribution is 9.10. The quantitative estimate of drug-likeness (QED) is 0.294. The fourth-order valence-corrected chi connectivity index (χ4v) is 5.61. The second kappa shape index (κ2) is 11.1. The first-order chi connectivity index (χ1) is 18.8. The zero-order valence-electron chi connectivity index (χ0n) is 21.8. The Morgan fingerprint density at radius 1 is 1.00 bits per heavy atom. The number of fused-ring (bicyclic) bond motifs is 2. The Morgan fingerprint density at radius 2 is 1.72 bits per heavy atom. The van der Waals surface area contributed by atoms with E-state index in [9.17, 15) is 14.0 Å². The van der Waals surface area contributed by atoms with Crippen molar-refractivity contribution in [1.29, 1.82) is 0 Å². The summed E-state index contributed by atoms with van der Waals surface area (Å²) in [5, 5.41) is 3.31. The van der Waals surface area contributed by atoms with Crippen LogP contribution in [0.15, 0.2) is 82.0 Å². The van der Waals surface area contributed by atoms with Crippen molar-refractivity contribution in [2.45, 2.75) is 33.3 Å². The summed E-state index contributed by atoms with van der Waals surface area (Å²) in [4.78, 5) is 27.0. The molecule has 39 heavy (non-hydrogen) atoms. The van der Waals surface area contributed by atoms with Crippen LogP contribution in [0.2, 0.25) is 0 Å². The van der Waals surface area contributed by atoms with Crippen LogP contribution in [0.1, 0.15) is 53.7 Å². The van der Waals surface area contributed by atoms with Crippen LogP contribution in [-0.4, -0.2) is 25.0 Å². The van der Waals surface area contributed by atoms with E-state index in [1.807, 2.05) is 38.1 Å². The summed E-state index contributed by atoms with van der Waals surface area (Å²) in [6.45, 7) is 6.19. The Kier molecular flexibility index (Phi) is 7.57. The minimum atomic E-state index is -0.693. The molecule has 0 radical (unpaired) electrons. The van der Waals surface area contributed by atoms with Crippen LogP contribution in [-0.2, 0) is 16.1 Å². The SMILES string of the molecule is CCOC(=O)C1=C(C)NC2=C(C(=O)c3ccccc32)[C@@H]1c1cc(Br)c(OCc2ccc(F)cc2)c(OCC)c1. The van der Waals surface area contributed by atoms with Gasteiger partial charge in [-0.3, -0.25) is 4.79 Å². The Hall–Kier alpha value is -3.91. The van der Waals surface area contributed by atoms with Gasteiger partial charge in [-0.1, -0.05) is 36.4 Å². The topological polar surface area (TPSA) is 73.9 Å². The van der Waals surface area contributed by atoms with E-state index in [0.29, 0.717) is 56.2 Å². The molecule has 0 unspecified atom stereocenters. The average molecular weight is 592 g/mol. The highest BCUT2D eigenvalue weighted by Gasteiger charge is 2.43. The largest absolute Gasteiger partial charge is 0.490 e. The first kappa shape index (κ1) is 26.7. The van der Waals surface area contributed by atoms with Crippen molar-refractivity contribution in [3.05, 3.63) is 110 Å². The lowest BCUT2D eigenvalue weighted by Gasteiger charge is -2.30. The summed E-state index contributed by atoms with van der Waals surface area (Å²) in [6, 6.07) is 17.1. The van der Waals surface area contributed by atoms with Gasteiger partial charge in [0, 0.05) is 28.3 Å². The molecule has 0 spiro atoms. The molecule has 0 saturated carbocycles. The molecule has 200 valence electrons. The lowest BCUT2D eigenvalue weighted by molar-refractivity contribution is -0.138. The van der Waals surface area contributed by atoms with E-state index in [0.717, 1.165) is 11.1 Å². The predicted octanol–water partition coefficient (Wildman–Crippen LogP) is 6.70. The van der Waals surface area contributed by atoms with E-state index in [4.69, 9.17) is 14.2 Å². The first-order valence-corrected chi connectivity index (χ1v) is 13.5. The van der Waals surface area contributed by atoms with Crippen LogP contribution < -0.4 is 14.8 Å². The third-order valence-corrected chi connectivity index (χ3v) is 7.29. The number of halogens is 2. The van der Waals surface area contributed by atoms with Gasteiger partial charge in [-0.05, 0) is 72.1 Å². The van der Waals surface area contributed by atoms with Crippen LogP contribution in [0.5, 0.6) is 11.5 Å². The number of Topliss-reactive ketones (excluding diaryl/α,β-unsaturated/α-hetero) is 1. The normalized spacial score (nSPS) is 16.0. The van der Waals surface area contributed by atoms with Crippen LogP contribution in [0.25, 0.3) is 5.70 Å². The lowest BCUT2D eigenvalue weighted by Crippen LogP contribution is -2.29. The van der Waals surface area contributed by atoms with Gasteiger partial charge in [-0.25, -0.2) is 9.18 Å². The minimum Gasteiger partial charge on any atom is -0.490 e. The number of nitrogens with one attached hydrogen (secondary N) is 1. The number of allylic oxidation sites excluding steroid dienone is 2. The predicted molar refractivity (Wildman–Crippen MR) is 149 cm³/mol. The molecule has 1 atom stereocenters. The van der Waals surface area contributed by atoms with E-state index in [1.165, 1.54) is 12.1 Å². The van der Waals surface area contributed by atoms with Gasteiger partial charge < -0.3 is 19.5 Å². The summed E-state index contributed by atoms with van der Waals surface area (Å²) < 4.78 is 31.4. The molecule has 3 aromatic carbocycles. The first-order valence-electron chi connectivity index (χ1n) is 12.7. The van der Waals surface area contributed by atoms with Crippen molar-refractivity contribution in [3.63, 3.8) is 0 Å². The molecule has 6 nitrogen and oxygen atoms in total. The molecule has 0 bridgehead atoms. The third kappa shape index (κ3) is 4.96. The van der Waals surface area contributed by atoms with E-state index >= 15 is 0 Å². The van der Waals surface area contributed by atoms with Crippen molar-refractivity contribution < 1.29 is 28.2 Å². The number of carbonyl (C=O) groups is 2. The third-order valence-electron chi connectivity index (χ3n) is 6.71. The molecule has 3 aromatic rings. The molecule has 2 aliphatic rings. The smallest absolute Gasteiger partial charge is 0.336 e. The van der Waals surface area contributed by atoms with Gasteiger partial charge in [-0.2, -0.15) is 0 Å². The maximum atomic E-state index is 13.7. The second-order valence-electron chi connectivity index (χ2n) is 9.16. The molecule has 5 rings (SSSR count). The van der Waals surface area contributed by atoms with Crippen molar-refractivity contribution in [2.75, 3.05) is 13.2 Å². The zero-order chi connectivity index (χ0) is 27.7. The Labute approximate surface area is 234 Å². The fraction of sp³-hybridized carbons (Fsp3) is 0.226. The maximum Gasteiger partial charge on any atom is 0.336 e. The Morgan fingerprint density at radius 3 is 2.41 bits per heavy atom. The maximum absolute atomic E-state index is 13.7. The number of hydrogen-bond donors (Lipinski definition) is 1. The summed E-state index contributed by atoms with van der Waals surface area (Å²) in [5.41, 5.74) is 5.02. The van der Waals surface area contributed by atoms with E-state index in [-0.39, 0.29) is 24.8 Å². The van der Waals surface area contributed by atoms with Gasteiger partial charge in [0.15, 0.2) is 17.3 Å². The molecule has 1 heterocycles. The lowest BCUT2D eigenvalue weighted by atomic mass is 9.79. The number of carbonyl (C=O) groups excluding carboxylic acids is 2. The number of ketones is 1. The average Bonchev–Trinajstić information content (AvgIpc) is 3.20. The monoisotopic (exact) mass is 591 g/mol. The van der Waals surface area contributed by atoms with Crippen LogP contribution >= 0.6 is 15.9 Å². The summed E-state index contributed by atoms with van der Waals surface area (Å²) in [5.74, 6) is -0.728. The zero-order valence-corrected chi connectivity index (χ0v) is 23.4. The number of rotatable bonds is 8. The van der Waals surface area contributed by atoms with E-state index in [2.05, 4.69) is 21.2 Å². The molecule has 0 aromatic heterocycles. The molecule has 0 amide bonds. The van der Waals surface area contributed by atoms with Crippen LogP contribution in [0, 0.1) is 5.82 Å². The standard InChI is InChI=1S/C31H27BrFNO5/c1-4-37-24-15-19(14-23(32)30(24)39-16-18-10-12-20(33)13-11-18)26-25(31(36)38-5-2)17(3)34-28-21-8-6-7-9-22(21)29(35)27(26)28/h6-15,26,34H,4-5,16H2,1-3H3/t26-/m1/s1. The second-order valence-corrected chi connectivity index (χ2v) is 10.0. The molecule has 0 fully saturated rings. The summed E-state index contributed by atoms with van der Waals surface area (Å²) in [7, 11) is 0. The number of benzene rings is 3. The van der Waals surface area contributed by atoms with Gasteiger partial charge in [0.2, 0.25) is 0 Å². The highest BCUT2D eigenvalue weighted by Crippen LogP contribution is 2.49. The van der Waals surface area contributed by atoms with E-state index < -0.39 is 11.9 Å². The molecule has 1 N–H and O–H groups in total. The van der Waals surface area contributed by atoms with Gasteiger partial charge in [0.05, 0.1) is 29.0 Å². The highest BCUT2D eigenvalue weighted by atomic mass is 79.9. The summed E-state index contributed by atoms with van der Waals surface area (Å²) in [6.07, 6.45) is 0. The Balaban J connectivity index is 1.61. The van der Waals surface area contributed by atoms with Gasteiger partial charge in [0.1, 0.15) is 12.4 Å². The number of dihydropyridines is 1. The van der Waals surface area contributed by atoms with Gasteiger partial charge in [0.25, 0.3) is 0 Å². The van der Waals surface area contributed by atoms with Crippen LogP contribution in [0.4, 0.5) is 4.39 Å². The number of esters is 1. The molecule has 8 heteroatoms. The fourth-order valence-electron chi connectivity index (χ4n) is 5.04. The summed E-state index contributed by atoms with van der Waals surface area (Å²) >= 11 is 3.62. The molecular weight excluding hydrogens is 565 g/mol. The van der Waals surface area contributed by atoms with Crippen LogP contribution in [0.3, 0.4) is 0 Å². The van der Waals surface area contributed by atoms with Crippen molar-refractivity contribution >= 4 is 33.4 Å². The molecule has 1 aliphatic carbocycles. The number of hydrogen-bond acceptors (Lipinski definition) is 6. The van der Waals surface area contributed by atoms with E-state index in [1.54, 1.807) is 31.2 Å². The van der Waals surface area contributed by atoms with Crippen molar-refractivity contribution in [2.24, 2.45) is 0 Å². The van der Waals surface area contributed by atoms with Gasteiger partial charge in [-0.15, -0.1) is 0 Å². The van der Waals surface area contributed by atoms with Crippen molar-refractivity contribution in [3.8, 4) is 11.5 Å². The molecule has 1 aliphatic heterocycles. The van der Waals surface area contributed by atoms with Gasteiger partial charge >= 0.3 is 5.97 Å².